The molecule has 0 aliphatic heterocycles. The van der Waals surface area contributed by atoms with Crippen LogP contribution in [0.15, 0.2) is 23.8 Å². The number of carboxylic acids is 1. The number of aliphatic hydroxyl groups is 2. The van der Waals surface area contributed by atoms with Crippen LogP contribution in [0, 0.1) is 35.5 Å². The Balaban J connectivity index is 1.89. The summed E-state index contributed by atoms with van der Waals surface area (Å²) < 4.78 is 0. The molecule has 2 aliphatic carbocycles. The highest BCUT2D eigenvalue weighted by Gasteiger charge is 2.44. The van der Waals surface area contributed by atoms with E-state index in [4.69, 9.17) is 5.11 Å². The highest BCUT2D eigenvalue weighted by atomic mass is 16.4. The van der Waals surface area contributed by atoms with Crippen LogP contribution in [0.3, 0.4) is 0 Å². The molecule has 26 heavy (non-hydrogen) atoms. The normalized spacial score (nSPS) is 31.6. The topological polar surface area (TPSA) is 77.8 Å². The number of aliphatic hydroxyl groups excluding tert-OH is 2. The number of aliphatic carboxylic acids is 1. The van der Waals surface area contributed by atoms with E-state index in [9.17, 15) is 15.0 Å². The average Bonchev–Trinajstić information content (AvgIpc) is 3.10. The molecule has 4 nitrogen and oxygen atoms in total. The average molecular weight is 360 g/mol. The fraction of sp³-hybridized carbons (Fsp3) is 0.682. The van der Waals surface area contributed by atoms with E-state index in [1.807, 2.05) is 19.1 Å². The van der Waals surface area contributed by atoms with E-state index in [1.165, 1.54) is 5.57 Å². The number of unbranched alkanes of at least 4 members (excludes halogenated alkanes) is 1. The fourth-order valence-electron chi connectivity index (χ4n) is 4.31. The van der Waals surface area contributed by atoms with Gasteiger partial charge in [-0.25, -0.2) is 0 Å². The van der Waals surface area contributed by atoms with Crippen molar-refractivity contribution in [3.8, 4) is 11.8 Å². The van der Waals surface area contributed by atoms with Gasteiger partial charge in [0.05, 0.1) is 12.2 Å². The van der Waals surface area contributed by atoms with Crippen LogP contribution in [-0.2, 0) is 4.79 Å². The molecule has 0 heterocycles. The minimum atomic E-state index is -0.738. The third-order valence-corrected chi connectivity index (χ3v) is 5.85. The molecule has 0 aromatic rings. The van der Waals surface area contributed by atoms with Crippen molar-refractivity contribution in [1.82, 2.24) is 0 Å². The van der Waals surface area contributed by atoms with Crippen molar-refractivity contribution in [2.75, 3.05) is 0 Å². The summed E-state index contributed by atoms with van der Waals surface area (Å²) in [4.78, 5) is 10.6. The van der Waals surface area contributed by atoms with Crippen molar-refractivity contribution in [2.45, 2.75) is 71.0 Å². The number of carboxylic acid groups (broad SMARTS) is 1. The Morgan fingerprint density at radius 1 is 1.38 bits per heavy atom. The predicted molar refractivity (Wildman–Crippen MR) is 102 cm³/mol. The third kappa shape index (κ3) is 5.72. The molecule has 144 valence electrons. The molecule has 6 atom stereocenters. The zero-order chi connectivity index (χ0) is 19.1. The van der Waals surface area contributed by atoms with E-state index in [-0.39, 0.29) is 24.4 Å². The lowest BCUT2D eigenvalue weighted by atomic mass is 9.89. The van der Waals surface area contributed by atoms with Gasteiger partial charge in [0.25, 0.3) is 0 Å². The number of hydrogen-bond donors (Lipinski definition) is 3. The van der Waals surface area contributed by atoms with E-state index >= 15 is 0 Å². The van der Waals surface area contributed by atoms with Crippen molar-refractivity contribution in [1.29, 1.82) is 0 Å². The summed E-state index contributed by atoms with van der Waals surface area (Å²) in [6, 6.07) is 0. The molecule has 0 aromatic heterocycles. The van der Waals surface area contributed by atoms with E-state index in [1.54, 1.807) is 6.92 Å². The summed E-state index contributed by atoms with van der Waals surface area (Å²) in [6.07, 6.45) is 10.4. The lowest BCUT2D eigenvalue weighted by molar-refractivity contribution is -0.137. The summed E-state index contributed by atoms with van der Waals surface area (Å²) in [7, 11) is 0. The lowest BCUT2D eigenvalue weighted by Crippen LogP contribution is -2.19. The highest BCUT2D eigenvalue weighted by Crippen LogP contribution is 2.50. The molecule has 0 amide bonds. The van der Waals surface area contributed by atoms with Crippen molar-refractivity contribution in [3.05, 3.63) is 23.8 Å². The smallest absolute Gasteiger partial charge is 0.303 e. The largest absolute Gasteiger partial charge is 0.481 e. The molecule has 3 N–H and O–H groups in total. The third-order valence-electron chi connectivity index (χ3n) is 5.85. The molecule has 0 spiro atoms. The molecule has 0 saturated heterocycles. The van der Waals surface area contributed by atoms with Crippen LogP contribution in [0.1, 0.15) is 58.8 Å². The van der Waals surface area contributed by atoms with Gasteiger partial charge in [-0.3, -0.25) is 4.79 Å². The van der Waals surface area contributed by atoms with Crippen molar-refractivity contribution in [2.24, 2.45) is 23.7 Å². The summed E-state index contributed by atoms with van der Waals surface area (Å²) in [5, 5.41) is 29.4. The first-order chi connectivity index (χ1) is 12.4. The predicted octanol–water partition coefficient (Wildman–Crippen LogP) is 3.54. The number of rotatable bonds is 8. The second kappa shape index (κ2) is 9.94. The van der Waals surface area contributed by atoms with Gasteiger partial charge in [0.15, 0.2) is 0 Å². The van der Waals surface area contributed by atoms with Gasteiger partial charge in [-0.1, -0.05) is 30.7 Å². The van der Waals surface area contributed by atoms with Crippen LogP contribution in [0.5, 0.6) is 0 Å². The lowest BCUT2D eigenvalue weighted by Gasteiger charge is -2.19. The van der Waals surface area contributed by atoms with Crippen LogP contribution in [0.4, 0.5) is 0 Å². The minimum absolute atomic E-state index is 0.0845. The molecule has 2 aliphatic rings. The fourth-order valence-corrected chi connectivity index (χ4v) is 4.31. The molecule has 2 fully saturated rings. The zero-order valence-corrected chi connectivity index (χ0v) is 15.9. The maximum Gasteiger partial charge on any atom is 0.303 e. The van der Waals surface area contributed by atoms with Crippen LogP contribution in [0.2, 0.25) is 0 Å². The first kappa shape index (κ1) is 20.7. The van der Waals surface area contributed by atoms with Gasteiger partial charge in [0, 0.05) is 18.8 Å². The summed E-state index contributed by atoms with van der Waals surface area (Å²) in [5.41, 5.74) is 1.41. The molecular weight excluding hydrogens is 328 g/mol. The Kier molecular flexibility index (Phi) is 7.93. The van der Waals surface area contributed by atoms with Gasteiger partial charge in [-0.05, 0) is 56.8 Å². The van der Waals surface area contributed by atoms with Crippen LogP contribution in [-0.4, -0.2) is 33.5 Å². The van der Waals surface area contributed by atoms with Gasteiger partial charge in [0.2, 0.25) is 0 Å². The standard InChI is InChI=1S/C22H32O4/c1-3-4-7-15(2)20(23)11-10-18-19-13-16(8-5-6-9-22(25)26)12-17(19)14-21(18)24/h8,10-11,15,17-21,23-24H,5-7,9,12-14H2,1-2H3,(H,25,26)/b11-10+,16-8+/t15-,17+,18-,19+,20-,21-/m0/s1. The van der Waals surface area contributed by atoms with Gasteiger partial charge < -0.3 is 15.3 Å². The Bertz CT molecular complexity index is 595. The number of carbonyl (C=O) groups is 1. The Labute approximate surface area is 157 Å². The number of fused-ring (bicyclic) bond motifs is 1. The molecule has 2 rings (SSSR count). The van der Waals surface area contributed by atoms with Crippen molar-refractivity contribution >= 4 is 5.97 Å². The number of hydrogen-bond acceptors (Lipinski definition) is 3. The van der Waals surface area contributed by atoms with Crippen LogP contribution >= 0.6 is 0 Å². The number of allylic oxidation sites excluding steroid dienone is 2. The van der Waals surface area contributed by atoms with E-state index in [2.05, 4.69) is 17.9 Å². The second-order valence-corrected chi connectivity index (χ2v) is 7.84. The van der Waals surface area contributed by atoms with Gasteiger partial charge >= 0.3 is 5.97 Å². The van der Waals surface area contributed by atoms with E-state index in [0.717, 1.165) is 25.7 Å². The Morgan fingerprint density at radius 3 is 2.85 bits per heavy atom. The summed E-state index contributed by atoms with van der Waals surface area (Å²) >= 11 is 0. The molecular formula is C22H32O4. The Hall–Kier alpha value is -1.57. The molecule has 0 bridgehead atoms. The van der Waals surface area contributed by atoms with Crippen molar-refractivity contribution in [3.63, 3.8) is 0 Å². The van der Waals surface area contributed by atoms with Crippen LogP contribution < -0.4 is 0 Å². The van der Waals surface area contributed by atoms with Crippen LogP contribution in [0.25, 0.3) is 0 Å². The molecule has 0 unspecified atom stereocenters. The van der Waals surface area contributed by atoms with Gasteiger partial charge in [0.1, 0.15) is 0 Å². The Morgan fingerprint density at radius 2 is 2.15 bits per heavy atom. The van der Waals surface area contributed by atoms with Gasteiger partial charge in [-0.15, -0.1) is 11.8 Å². The SMILES string of the molecule is CC#CC[C@H](C)[C@@H](O)/C=C/[C@H]1[C@@H]2C/C(=C/CCCC(=O)O)C[C@@H]2C[C@@H]1O. The second-order valence-electron chi connectivity index (χ2n) is 7.84. The monoisotopic (exact) mass is 360 g/mol. The first-order valence-corrected chi connectivity index (χ1v) is 9.76. The van der Waals surface area contributed by atoms with Gasteiger partial charge in [-0.2, -0.15) is 0 Å². The molecule has 4 heteroatoms. The molecule has 0 aromatic carbocycles. The highest BCUT2D eigenvalue weighted by molar-refractivity contribution is 5.66. The zero-order valence-electron chi connectivity index (χ0n) is 15.9. The first-order valence-electron chi connectivity index (χ1n) is 9.76. The van der Waals surface area contributed by atoms with E-state index in [0.29, 0.717) is 24.7 Å². The molecule has 2 saturated carbocycles. The minimum Gasteiger partial charge on any atom is -0.481 e. The maximum atomic E-state index is 10.6. The van der Waals surface area contributed by atoms with Crippen molar-refractivity contribution < 1.29 is 20.1 Å². The maximum absolute atomic E-state index is 10.6. The summed E-state index contributed by atoms with van der Waals surface area (Å²) in [5.74, 6) is 6.25. The summed E-state index contributed by atoms with van der Waals surface area (Å²) in [6.45, 7) is 3.79. The van der Waals surface area contributed by atoms with E-state index < -0.39 is 12.1 Å². The molecule has 0 radical (unpaired) electrons. The quantitative estimate of drug-likeness (QED) is 0.351.